The molecule has 0 atom stereocenters. The molecule has 1 N–H and O–H groups in total. The van der Waals surface area contributed by atoms with Gasteiger partial charge in [-0.2, -0.15) is 18.4 Å². The van der Waals surface area contributed by atoms with Crippen LogP contribution in [0.3, 0.4) is 0 Å². The molecule has 1 aromatic rings. The number of nitriles is 1. The van der Waals surface area contributed by atoms with Gasteiger partial charge in [0.15, 0.2) is 10.2 Å². The van der Waals surface area contributed by atoms with Crippen molar-refractivity contribution in [1.29, 1.82) is 5.26 Å². The number of hydrogen-bond acceptors (Lipinski definition) is 5. The standard InChI is InChI=1S/C22H27F3N6OS2/c1-4-27-19(33)29-10-7-28(8-11-29)9-12-30-20(34)31(18(32)21(30,2)3)16-6-5-15(14-26)17(13-16)22(23,24)25/h5-6,13H,4,7-12H2,1-3H3,(H,27,33). The molecule has 0 aromatic heterocycles. The molecule has 3 rings (SSSR count). The third-order valence-corrected chi connectivity index (χ3v) is 6.94. The summed E-state index contributed by atoms with van der Waals surface area (Å²) in [5.41, 5.74) is -2.61. The lowest BCUT2D eigenvalue weighted by Gasteiger charge is -2.38. The van der Waals surface area contributed by atoms with Crippen molar-refractivity contribution in [3.8, 4) is 6.07 Å². The number of carbonyl (C=O) groups excluding carboxylic acids is 1. The maximum absolute atomic E-state index is 13.5. The number of carbonyl (C=O) groups is 1. The topological polar surface area (TPSA) is 65.8 Å². The Kier molecular flexibility index (Phi) is 7.69. The third-order valence-electron chi connectivity index (χ3n) is 6.14. The Morgan fingerprint density at radius 1 is 1.21 bits per heavy atom. The van der Waals surface area contributed by atoms with Gasteiger partial charge in [0.1, 0.15) is 5.54 Å². The van der Waals surface area contributed by atoms with Gasteiger partial charge >= 0.3 is 6.18 Å². The van der Waals surface area contributed by atoms with E-state index in [2.05, 4.69) is 15.1 Å². The largest absolute Gasteiger partial charge is 0.417 e. The van der Waals surface area contributed by atoms with Crippen LogP contribution in [0.1, 0.15) is 31.9 Å². The first kappa shape index (κ1) is 26.1. The molecule has 2 aliphatic rings. The van der Waals surface area contributed by atoms with Gasteiger partial charge in [-0.15, -0.1) is 0 Å². The second kappa shape index (κ2) is 10.0. The summed E-state index contributed by atoms with van der Waals surface area (Å²) in [5, 5.41) is 13.1. The number of nitrogens with zero attached hydrogens (tertiary/aromatic N) is 5. The van der Waals surface area contributed by atoms with Gasteiger partial charge < -0.3 is 15.1 Å². The number of nitrogens with one attached hydrogen (secondary N) is 1. The van der Waals surface area contributed by atoms with E-state index in [0.717, 1.165) is 54.9 Å². The van der Waals surface area contributed by atoms with Crippen molar-refractivity contribution in [3.05, 3.63) is 29.3 Å². The van der Waals surface area contributed by atoms with Crippen LogP contribution in [0.2, 0.25) is 0 Å². The van der Waals surface area contributed by atoms with E-state index in [1.54, 1.807) is 24.8 Å². The number of benzene rings is 1. The Hall–Kier alpha value is -2.49. The minimum atomic E-state index is -4.72. The molecule has 7 nitrogen and oxygen atoms in total. The number of halogens is 3. The monoisotopic (exact) mass is 512 g/mol. The fourth-order valence-electron chi connectivity index (χ4n) is 4.12. The molecular weight excluding hydrogens is 485 g/mol. The first-order valence-corrected chi connectivity index (χ1v) is 11.8. The maximum Gasteiger partial charge on any atom is 0.417 e. The van der Waals surface area contributed by atoms with Gasteiger partial charge in [-0.3, -0.25) is 14.6 Å². The smallest absolute Gasteiger partial charge is 0.363 e. The quantitative estimate of drug-likeness (QED) is 0.605. The first-order chi connectivity index (χ1) is 15.9. The van der Waals surface area contributed by atoms with E-state index in [0.29, 0.717) is 13.1 Å². The van der Waals surface area contributed by atoms with Crippen molar-refractivity contribution in [3.63, 3.8) is 0 Å². The number of rotatable bonds is 5. The van der Waals surface area contributed by atoms with E-state index in [4.69, 9.17) is 29.7 Å². The first-order valence-electron chi connectivity index (χ1n) is 10.9. The lowest BCUT2D eigenvalue weighted by atomic mass is 10.0. The van der Waals surface area contributed by atoms with Gasteiger partial charge in [-0.1, -0.05) is 0 Å². The Bertz CT molecular complexity index is 1010. The number of thiocarbonyl (C=S) groups is 2. The van der Waals surface area contributed by atoms with Crippen molar-refractivity contribution in [2.75, 3.05) is 50.7 Å². The molecule has 2 saturated heterocycles. The highest BCUT2D eigenvalue weighted by atomic mass is 32.1. The Morgan fingerprint density at radius 2 is 1.85 bits per heavy atom. The van der Waals surface area contributed by atoms with E-state index < -0.39 is 28.7 Å². The lowest BCUT2D eigenvalue weighted by molar-refractivity contribution is -0.137. The fraction of sp³-hybridized carbons (Fsp3) is 0.545. The Morgan fingerprint density at radius 3 is 2.41 bits per heavy atom. The van der Waals surface area contributed by atoms with Crippen LogP contribution in [0.25, 0.3) is 0 Å². The number of piperazine rings is 1. The fourth-order valence-corrected chi connectivity index (χ4v) is 4.96. The zero-order valence-corrected chi connectivity index (χ0v) is 20.9. The van der Waals surface area contributed by atoms with E-state index in [-0.39, 0.29) is 10.8 Å². The molecule has 184 valence electrons. The van der Waals surface area contributed by atoms with Crippen molar-refractivity contribution in [2.45, 2.75) is 32.5 Å². The van der Waals surface area contributed by atoms with Crippen molar-refractivity contribution in [2.24, 2.45) is 0 Å². The summed E-state index contributed by atoms with van der Waals surface area (Å²) in [7, 11) is 0. The minimum absolute atomic E-state index is 0.00227. The molecule has 0 radical (unpaired) electrons. The van der Waals surface area contributed by atoms with Crippen LogP contribution < -0.4 is 10.2 Å². The maximum atomic E-state index is 13.5. The van der Waals surface area contributed by atoms with Gasteiger partial charge in [0.2, 0.25) is 0 Å². The summed E-state index contributed by atoms with van der Waals surface area (Å²) in [5.74, 6) is -0.406. The zero-order chi connectivity index (χ0) is 25.3. The van der Waals surface area contributed by atoms with E-state index >= 15 is 0 Å². The molecule has 2 heterocycles. The molecule has 1 aromatic carbocycles. The molecule has 0 spiro atoms. The molecule has 34 heavy (non-hydrogen) atoms. The van der Waals surface area contributed by atoms with Gasteiger partial charge in [-0.25, -0.2) is 0 Å². The van der Waals surface area contributed by atoms with Crippen LogP contribution in [0.15, 0.2) is 18.2 Å². The summed E-state index contributed by atoms with van der Waals surface area (Å²) in [6, 6.07) is 4.76. The average molecular weight is 513 g/mol. The minimum Gasteiger partial charge on any atom is -0.363 e. The van der Waals surface area contributed by atoms with Crippen LogP contribution in [-0.4, -0.2) is 82.2 Å². The van der Waals surface area contributed by atoms with Crippen LogP contribution in [0.4, 0.5) is 18.9 Å². The molecule has 0 saturated carbocycles. The van der Waals surface area contributed by atoms with Crippen molar-refractivity contribution < 1.29 is 18.0 Å². The molecule has 0 unspecified atom stereocenters. The van der Waals surface area contributed by atoms with E-state index in [1.165, 1.54) is 6.07 Å². The summed E-state index contributed by atoms with van der Waals surface area (Å²) in [6.45, 7) is 10.5. The summed E-state index contributed by atoms with van der Waals surface area (Å²) in [6.07, 6.45) is -4.72. The molecule has 12 heteroatoms. The second-order valence-corrected chi connectivity index (χ2v) is 9.39. The van der Waals surface area contributed by atoms with Gasteiger partial charge in [0, 0.05) is 45.8 Å². The summed E-state index contributed by atoms with van der Waals surface area (Å²) in [4.78, 5) is 20.5. The number of hydrogen-bond donors (Lipinski definition) is 1. The molecule has 1 amide bonds. The molecular formula is C22H27F3N6OS2. The normalized spacial score (nSPS) is 18.9. The van der Waals surface area contributed by atoms with Crippen LogP contribution >= 0.6 is 24.4 Å². The summed E-state index contributed by atoms with van der Waals surface area (Å²) >= 11 is 10.9. The lowest BCUT2D eigenvalue weighted by Crippen LogP contribution is -2.54. The van der Waals surface area contributed by atoms with Gasteiger partial charge in [0.05, 0.1) is 22.9 Å². The highest BCUT2D eigenvalue weighted by molar-refractivity contribution is 7.80. The van der Waals surface area contributed by atoms with Crippen molar-refractivity contribution >= 4 is 46.3 Å². The molecule has 2 fully saturated rings. The van der Waals surface area contributed by atoms with Crippen molar-refractivity contribution in [1.82, 2.24) is 20.0 Å². The van der Waals surface area contributed by atoms with Crippen LogP contribution in [-0.2, 0) is 11.0 Å². The highest BCUT2D eigenvalue weighted by Gasteiger charge is 2.49. The number of amides is 1. The molecule has 2 aliphatic heterocycles. The van der Waals surface area contributed by atoms with Gasteiger partial charge in [0.25, 0.3) is 5.91 Å². The van der Waals surface area contributed by atoms with Crippen LogP contribution in [0.5, 0.6) is 0 Å². The van der Waals surface area contributed by atoms with E-state index in [1.807, 2.05) is 6.92 Å². The summed E-state index contributed by atoms with van der Waals surface area (Å²) < 4.78 is 40.4. The zero-order valence-electron chi connectivity index (χ0n) is 19.3. The number of alkyl halides is 3. The number of anilines is 1. The predicted octanol–water partition coefficient (Wildman–Crippen LogP) is 2.80. The van der Waals surface area contributed by atoms with Crippen LogP contribution in [0, 0.1) is 11.3 Å². The predicted molar refractivity (Wildman–Crippen MR) is 131 cm³/mol. The second-order valence-electron chi connectivity index (χ2n) is 8.64. The Balaban J connectivity index is 1.73. The third kappa shape index (κ3) is 5.11. The van der Waals surface area contributed by atoms with Gasteiger partial charge in [-0.05, 0) is 63.4 Å². The molecule has 0 aliphatic carbocycles. The average Bonchev–Trinajstić information content (AvgIpc) is 2.95. The SMILES string of the molecule is CCNC(=S)N1CCN(CCN2C(=S)N(c3ccc(C#N)c(C(F)(F)F)c3)C(=O)C2(C)C)CC1. The Labute approximate surface area is 208 Å². The van der Waals surface area contributed by atoms with E-state index in [9.17, 15) is 18.0 Å². The molecule has 0 bridgehead atoms. The highest BCUT2D eigenvalue weighted by Crippen LogP contribution is 2.37.